The van der Waals surface area contributed by atoms with Gasteiger partial charge in [0.1, 0.15) is 29.0 Å². The summed E-state index contributed by atoms with van der Waals surface area (Å²) in [5.74, 6) is 0.377. The number of rotatable bonds is 6. The molecule has 28 heavy (non-hydrogen) atoms. The highest BCUT2D eigenvalue weighted by Gasteiger charge is 2.31. The maximum absolute atomic E-state index is 11.6. The van der Waals surface area contributed by atoms with Gasteiger partial charge in [-0.1, -0.05) is 11.6 Å². The van der Waals surface area contributed by atoms with Gasteiger partial charge in [0.25, 0.3) is 5.91 Å². The first-order valence-corrected chi connectivity index (χ1v) is 8.88. The van der Waals surface area contributed by atoms with Gasteiger partial charge in [0.15, 0.2) is 5.65 Å². The van der Waals surface area contributed by atoms with Crippen LogP contribution in [0.1, 0.15) is 23.2 Å². The van der Waals surface area contributed by atoms with Crippen LogP contribution >= 0.6 is 11.6 Å². The van der Waals surface area contributed by atoms with Crippen molar-refractivity contribution in [3.63, 3.8) is 0 Å². The summed E-state index contributed by atoms with van der Waals surface area (Å²) in [6, 6.07) is 3.24. The molecule has 0 bridgehead atoms. The first kappa shape index (κ1) is 18.3. The predicted molar refractivity (Wildman–Crippen MR) is 103 cm³/mol. The number of halogens is 1. The Morgan fingerprint density at radius 3 is 2.82 bits per heavy atom. The molecule has 0 spiro atoms. The van der Waals surface area contributed by atoms with Crippen molar-refractivity contribution in [1.82, 2.24) is 19.6 Å². The summed E-state index contributed by atoms with van der Waals surface area (Å²) < 4.78 is 12.5. The number of anilines is 3. The number of primary amides is 1. The van der Waals surface area contributed by atoms with E-state index in [-0.39, 0.29) is 29.2 Å². The Morgan fingerprint density at radius 2 is 2.11 bits per heavy atom. The number of fused-ring (bicyclic) bond motifs is 1. The molecule has 3 heterocycles. The molecule has 0 saturated heterocycles. The average molecular weight is 404 g/mol. The van der Waals surface area contributed by atoms with Crippen LogP contribution in [0, 0.1) is 0 Å². The van der Waals surface area contributed by atoms with Crippen LogP contribution in [-0.2, 0) is 4.74 Å². The number of amides is 1. The molecule has 0 atom stereocenters. The number of pyridine rings is 1. The van der Waals surface area contributed by atoms with E-state index in [1.165, 1.54) is 16.9 Å². The van der Waals surface area contributed by atoms with Crippen molar-refractivity contribution < 1.29 is 14.3 Å². The lowest BCUT2D eigenvalue weighted by Crippen LogP contribution is -2.39. The minimum absolute atomic E-state index is 0.0102. The number of aromatic nitrogens is 4. The smallest absolute Gasteiger partial charge is 0.254 e. The first-order chi connectivity index (χ1) is 13.4. The van der Waals surface area contributed by atoms with Crippen LogP contribution < -0.4 is 21.5 Å². The molecule has 3 aromatic rings. The fraction of sp³-hybridized carbons (Fsp3) is 0.294. The van der Waals surface area contributed by atoms with E-state index >= 15 is 0 Å². The number of carbonyl (C=O) groups excluding carboxylic acids is 1. The van der Waals surface area contributed by atoms with Gasteiger partial charge in [-0.15, -0.1) is 0 Å². The molecule has 0 radical (unpaired) electrons. The largest absolute Gasteiger partial charge is 0.473 e. The van der Waals surface area contributed by atoms with E-state index in [2.05, 4.69) is 20.4 Å². The van der Waals surface area contributed by atoms with E-state index in [4.69, 9.17) is 32.5 Å². The molecular weight excluding hydrogens is 386 g/mol. The van der Waals surface area contributed by atoms with E-state index < -0.39 is 5.91 Å². The Balaban J connectivity index is 1.64. The van der Waals surface area contributed by atoms with Crippen LogP contribution in [0.15, 0.2) is 24.5 Å². The molecule has 1 saturated carbocycles. The van der Waals surface area contributed by atoms with Crippen molar-refractivity contribution in [1.29, 1.82) is 0 Å². The molecule has 3 aromatic heterocycles. The molecule has 0 aromatic carbocycles. The summed E-state index contributed by atoms with van der Waals surface area (Å²) in [5, 5.41) is 7.54. The average Bonchev–Trinajstić information content (AvgIpc) is 3.04. The summed E-state index contributed by atoms with van der Waals surface area (Å²) in [5.41, 5.74) is 12.3. The van der Waals surface area contributed by atoms with Gasteiger partial charge in [0.2, 0.25) is 5.88 Å². The molecule has 4 rings (SSSR count). The molecule has 1 amide bonds. The van der Waals surface area contributed by atoms with Gasteiger partial charge in [0.05, 0.1) is 17.3 Å². The van der Waals surface area contributed by atoms with Crippen molar-refractivity contribution in [2.75, 3.05) is 18.2 Å². The van der Waals surface area contributed by atoms with E-state index in [1.54, 1.807) is 19.2 Å². The number of nitrogens with one attached hydrogen (secondary N) is 1. The molecule has 0 aliphatic heterocycles. The summed E-state index contributed by atoms with van der Waals surface area (Å²) in [7, 11) is 1.68. The molecule has 11 heteroatoms. The molecule has 146 valence electrons. The maximum atomic E-state index is 11.6. The SMILES string of the molecule is CO[C@H]1C[C@H](Oc2ncc(Cl)cc2Nc2cc(N)n3ncc(C(N)=O)c3n2)C1. The van der Waals surface area contributed by atoms with Gasteiger partial charge < -0.3 is 26.3 Å². The molecule has 1 fully saturated rings. The number of nitrogens with two attached hydrogens (primary N) is 2. The zero-order chi connectivity index (χ0) is 19.8. The number of hydrogen-bond donors (Lipinski definition) is 3. The van der Waals surface area contributed by atoms with E-state index in [9.17, 15) is 4.79 Å². The third kappa shape index (κ3) is 3.39. The third-order valence-electron chi connectivity index (χ3n) is 4.51. The molecule has 1 aliphatic carbocycles. The second kappa shape index (κ2) is 7.13. The van der Waals surface area contributed by atoms with Crippen molar-refractivity contribution >= 4 is 40.5 Å². The van der Waals surface area contributed by atoms with Crippen molar-refractivity contribution in [3.05, 3.63) is 35.1 Å². The summed E-state index contributed by atoms with van der Waals surface area (Å²) in [4.78, 5) is 20.2. The Bertz CT molecular complexity index is 1050. The first-order valence-electron chi connectivity index (χ1n) is 8.50. The maximum Gasteiger partial charge on any atom is 0.254 e. The number of nitrogens with zero attached hydrogens (tertiary/aromatic N) is 4. The standard InChI is InChI=1S/C17H18ClN7O3/c1-27-9-3-10(4-9)28-17-12(2-8(18)6-21-17)23-14-5-13(19)25-16(24-14)11(7-22-25)15(20)26/h2,5-7,9-10H,3-4,19H2,1H3,(H2,20,26)(H,23,24)/t9-,10-. The van der Waals surface area contributed by atoms with Gasteiger partial charge >= 0.3 is 0 Å². The minimum Gasteiger partial charge on any atom is -0.473 e. The minimum atomic E-state index is -0.648. The number of methoxy groups -OCH3 is 1. The Morgan fingerprint density at radius 1 is 1.32 bits per heavy atom. The van der Waals surface area contributed by atoms with E-state index in [0.717, 1.165) is 12.8 Å². The molecular formula is C17H18ClN7O3. The zero-order valence-corrected chi connectivity index (χ0v) is 15.7. The van der Waals surface area contributed by atoms with Crippen LogP contribution in [0.2, 0.25) is 5.02 Å². The Kier molecular flexibility index (Phi) is 4.65. The van der Waals surface area contributed by atoms with Gasteiger partial charge in [-0.25, -0.2) is 9.97 Å². The van der Waals surface area contributed by atoms with Crippen molar-refractivity contribution in [2.24, 2.45) is 5.73 Å². The number of nitrogen functional groups attached to an aromatic ring is 1. The van der Waals surface area contributed by atoms with Crippen LogP contribution in [0.5, 0.6) is 5.88 Å². The molecule has 1 aliphatic rings. The highest BCUT2D eigenvalue weighted by molar-refractivity contribution is 6.30. The number of hydrogen-bond acceptors (Lipinski definition) is 8. The molecule has 10 nitrogen and oxygen atoms in total. The highest BCUT2D eigenvalue weighted by Crippen LogP contribution is 2.33. The second-order valence-corrected chi connectivity index (χ2v) is 6.86. The monoisotopic (exact) mass is 403 g/mol. The fourth-order valence-corrected chi connectivity index (χ4v) is 3.09. The van der Waals surface area contributed by atoms with E-state index in [0.29, 0.717) is 22.4 Å². The predicted octanol–water partition coefficient (Wildman–Crippen LogP) is 1.76. The normalized spacial score (nSPS) is 18.6. The number of ether oxygens (including phenoxy) is 2. The zero-order valence-electron chi connectivity index (χ0n) is 14.9. The third-order valence-corrected chi connectivity index (χ3v) is 4.72. The topological polar surface area (TPSA) is 143 Å². The fourth-order valence-electron chi connectivity index (χ4n) is 2.94. The lowest BCUT2D eigenvalue weighted by molar-refractivity contribution is -0.0393. The lowest BCUT2D eigenvalue weighted by Gasteiger charge is -2.34. The van der Waals surface area contributed by atoms with Crippen LogP contribution in [-0.4, -0.2) is 44.8 Å². The van der Waals surface area contributed by atoms with Gasteiger partial charge in [0, 0.05) is 32.2 Å². The van der Waals surface area contributed by atoms with Crippen LogP contribution in [0.3, 0.4) is 0 Å². The van der Waals surface area contributed by atoms with E-state index in [1.807, 2.05) is 0 Å². The quantitative estimate of drug-likeness (QED) is 0.564. The van der Waals surface area contributed by atoms with Crippen LogP contribution in [0.25, 0.3) is 5.65 Å². The van der Waals surface area contributed by atoms with Crippen LogP contribution in [0.4, 0.5) is 17.3 Å². The second-order valence-electron chi connectivity index (χ2n) is 6.42. The van der Waals surface area contributed by atoms with Crippen molar-refractivity contribution in [3.8, 4) is 5.88 Å². The summed E-state index contributed by atoms with van der Waals surface area (Å²) in [6.45, 7) is 0. The van der Waals surface area contributed by atoms with Gasteiger partial charge in [-0.05, 0) is 6.07 Å². The van der Waals surface area contributed by atoms with Gasteiger partial charge in [-0.3, -0.25) is 4.79 Å². The van der Waals surface area contributed by atoms with Crippen molar-refractivity contribution in [2.45, 2.75) is 25.0 Å². The molecule has 0 unspecified atom stereocenters. The summed E-state index contributed by atoms with van der Waals surface area (Å²) in [6.07, 6.45) is 4.61. The Labute approximate surface area is 164 Å². The highest BCUT2D eigenvalue weighted by atomic mass is 35.5. The molecule has 5 N–H and O–H groups in total. The lowest BCUT2D eigenvalue weighted by atomic mass is 9.92. The Hall–Kier alpha value is -3.11. The number of carbonyl (C=O) groups is 1. The summed E-state index contributed by atoms with van der Waals surface area (Å²) >= 11 is 6.09. The van der Waals surface area contributed by atoms with Gasteiger partial charge in [-0.2, -0.15) is 9.61 Å².